The summed E-state index contributed by atoms with van der Waals surface area (Å²) in [6, 6.07) is 35.9. The van der Waals surface area contributed by atoms with Crippen LogP contribution in [0.3, 0.4) is 0 Å². The van der Waals surface area contributed by atoms with Crippen LogP contribution in [0, 0.1) is 10.1 Å². The molecule has 0 fully saturated rings. The second-order valence-electron chi connectivity index (χ2n) is 6.98. The minimum absolute atomic E-state index is 0.0218. The average Bonchev–Trinajstić information content (AvgIpc) is 2.82. The molecule has 0 radical (unpaired) electrons. The quantitative estimate of drug-likeness (QED) is 0.232. The van der Waals surface area contributed by atoms with Crippen LogP contribution in [0.5, 0.6) is 0 Å². The van der Waals surface area contributed by atoms with Crippen molar-refractivity contribution in [2.24, 2.45) is 0 Å². The SMILES string of the molecule is O=[C](c1ccc([N+](=O)[O-])cc1)[Sn]([c]1ccccc1)([c]1ccccc1)[c]1ccccc1. The fourth-order valence-corrected chi connectivity index (χ4v) is 16.6. The van der Waals surface area contributed by atoms with Crippen molar-refractivity contribution in [2.45, 2.75) is 0 Å². The summed E-state index contributed by atoms with van der Waals surface area (Å²) < 4.78 is 3.22. The first-order valence-corrected chi connectivity index (χ1v) is 15.3. The van der Waals surface area contributed by atoms with E-state index in [0.29, 0.717) is 5.56 Å². The molecule has 0 amide bonds. The summed E-state index contributed by atoms with van der Waals surface area (Å²) >= 11 is -4.16. The molecule has 0 aliphatic heterocycles. The number of carbonyl (C=O) groups excluding carboxylic acids is 1. The van der Waals surface area contributed by atoms with E-state index in [-0.39, 0.29) is 9.49 Å². The summed E-state index contributed by atoms with van der Waals surface area (Å²) in [5.74, 6) is 0. The van der Waals surface area contributed by atoms with Crippen molar-refractivity contribution in [3.63, 3.8) is 0 Å². The standard InChI is InChI=1S/C7H4NO3.3C6H5.Sn/c9-5-6-1-3-7(4-2-6)8(10)11;3*1-2-4-6-5-3-1;/h1-4H;3*1-5H;. The van der Waals surface area contributed by atoms with Crippen molar-refractivity contribution < 1.29 is 9.72 Å². The van der Waals surface area contributed by atoms with E-state index in [2.05, 4.69) is 0 Å². The normalized spacial score (nSPS) is 11.1. The molecule has 0 spiro atoms. The Morgan fingerprint density at radius 2 is 0.967 bits per heavy atom. The van der Waals surface area contributed by atoms with E-state index in [0.717, 1.165) is 10.7 Å². The summed E-state index contributed by atoms with van der Waals surface area (Å²) in [7, 11) is 0. The van der Waals surface area contributed by atoms with Gasteiger partial charge in [-0.3, -0.25) is 0 Å². The molecule has 4 nitrogen and oxygen atoms in total. The van der Waals surface area contributed by atoms with Gasteiger partial charge in [-0.2, -0.15) is 0 Å². The van der Waals surface area contributed by atoms with Crippen LogP contribution in [0.4, 0.5) is 5.69 Å². The van der Waals surface area contributed by atoms with Gasteiger partial charge < -0.3 is 0 Å². The zero-order valence-electron chi connectivity index (χ0n) is 16.1. The van der Waals surface area contributed by atoms with Gasteiger partial charge in [-0.05, 0) is 0 Å². The van der Waals surface area contributed by atoms with Crippen LogP contribution >= 0.6 is 0 Å². The zero-order valence-corrected chi connectivity index (χ0v) is 19.0. The fourth-order valence-electron chi connectivity index (χ4n) is 3.91. The summed E-state index contributed by atoms with van der Waals surface area (Å²) in [5, 5.41) is 11.1. The van der Waals surface area contributed by atoms with E-state index < -0.39 is 23.3 Å². The number of carbonyl (C=O) groups is 1. The van der Waals surface area contributed by atoms with Crippen molar-refractivity contribution in [3.05, 3.63) is 131 Å². The van der Waals surface area contributed by atoms with Gasteiger partial charge in [0.05, 0.1) is 0 Å². The van der Waals surface area contributed by atoms with Crippen molar-refractivity contribution >= 4 is 38.6 Å². The Bertz CT molecular complexity index is 1060. The van der Waals surface area contributed by atoms with E-state index >= 15 is 0 Å². The van der Waals surface area contributed by atoms with Gasteiger partial charge in [0, 0.05) is 0 Å². The van der Waals surface area contributed by atoms with E-state index in [1.165, 1.54) is 12.1 Å². The molecule has 0 aliphatic carbocycles. The predicted molar refractivity (Wildman–Crippen MR) is 121 cm³/mol. The first kappa shape index (κ1) is 20.0. The first-order valence-electron chi connectivity index (χ1n) is 9.60. The van der Waals surface area contributed by atoms with Crippen LogP contribution in [0.25, 0.3) is 0 Å². The topological polar surface area (TPSA) is 60.2 Å². The molecule has 0 aromatic heterocycles. The third-order valence-electron chi connectivity index (χ3n) is 5.30. The van der Waals surface area contributed by atoms with Gasteiger partial charge >= 0.3 is 179 Å². The Morgan fingerprint density at radius 3 is 1.30 bits per heavy atom. The van der Waals surface area contributed by atoms with Crippen LogP contribution in [-0.2, 0) is 0 Å². The van der Waals surface area contributed by atoms with Crippen LogP contribution < -0.4 is 10.7 Å². The maximum absolute atomic E-state index is 14.3. The van der Waals surface area contributed by atoms with Crippen LogP contribution in [0.2, 0.25) is 0 Å². The van der Waals surface area contributed by atoms with Crippen molar-refractivity contribution in [1.29, 1.82) is 0 Å². The second kappa shape index (κ2) is 8.63. The van der Waals surface area contributed by atoms with Gasteiger partial charge in [-0.25, -0.2) is 0 Å². The number of hydrogen-bond acceptors (Lipinski definition) is 3. The first-order chi connectivity index (χ1) is 14.6. The fraction of sp³-hybridized carbons (Fsp3) is 0. The number of non-ortho nitro benzene ring substituents is 1. The van der Waals surface area contributed by atoms with E-state index in [1.54, 1.807) is 12.1 Å². The Kier molecular flexibility index (Phi) is 5.76. The van der Waals surface area contributed by atoms with Gasteiger partial charge in [0.1, 0.15) is 0 Å². The molecular formula is C25H19NO3Sn. The molecule has 146 valence electrons. The third-order valence-corrected chi connectivity index (χ3v) is 18.3. The predicted octanol–water partition coefficient (Wildman–Crippen LogP) is 3.49. The minimum atomic E-state index is -4.16. The number of hydrogen-bond donors (Lipinski definition) is 0. The van der Waals surface area contributed by atoms with Gasteiger partial charge in [0.15, 0.2) is 0 Å². The van der Waals surface area contributed by atoms with E-state index in [1.807, 2.05) is 91.0 Å². The number of nitro benzene ring substituents is 1. The number of nitrogens with zero attached hydrogens (tertiary/aromatic N) is 1. The summed E-state index contributed by atoms with van der Waals surface area (Å²) in [5.41, 5.74) is 0.486. The Hall–Kier alpha value is -3.25. The van der Waals surface area contributed by atoms with Crippen molar-refractivity contribution in [1.82, 2.24) is 0 Å². The molecule has 0 saturated carbocycles. The molecule has 30 heavy (non-hydrogen) atoms. The third kappa shape index (κ3) is 3.55. The molecule has 4 rings (SSSR count). The van der Waals surface area contributed by atoms with Gasteiger partial charge in [-0.1, -0.05) is 0 Å². The van der Waals surface area contributed by atoms with Crippen molar-refractivity contribution in [2.75, 3.05) is 0 Å². The van der Waals surface area contributed by atoms with Crippen LogP contribution in [-0.4, -0.2) is 27.1 Å². The molecular weight excluding hydrogens is 481 g/mol. The molecule has 5 heteroatoms. The Morgan fingerprint density at radius 1 is 0.600 bits per heavy atom. The average molecular weight is 500 g/mol. The molecule has 0 unspecified atom stereocenters. The molecule has 0 atom stereocenters. The Balaban J connectivity index is 2.02. The van der Waals surface area contributed by atoms with Crippen LogP contribution in [0.15, 0.2) is 115 Å². The molecule has 4 aromatic rings. The maximum atomic E-state index is 14.3. The second-order valence-corrected chi connectivity index (χ2v) is 17.5. The van der Waals surface area contributed by atoms with E-state index in [4.69, 9.17) is 0 Å². The van der Waals surface area contributed by atoms with Gasteiger partial charge in [0.2, 0.25) is 0 Å². The molecule has 0 heterocycles. The number of nitro groups is 1. The van der Waals surface area contributed by atoms with Crippen LogP contribution in [0.1, 0.15) is 10.4 Å². The molecule has 0 saturated heterocycles. The van der Waals surface area contributed by atoms with Crippen molar-refractivity contribution in [3.8, 4) is 0 Å². The molecule has 0 aliphatic rings. The number of benzene rings is 4. The molecule has 0 N–H and O–H groups in total. The summed E-state index contributed by atoms with van der Waals surface area (Å²) in [6.45, 7) is 0. The molecule has 0 bridgehead atoms. The van der Waals surface area contributed by atoms with Gasteiger partial charge in [0.25, 0.3) is 0 Å². The summed E-state index contributed by atoms with van der Waals surface area (Å²) in [6.07, 6.45) is 0. The summed E-state index contributed by atoms with van der Waals surface area (Å²) in [4.78, 5) is 24.9. The number of rotatable bonds is 6. The van der Waals surface area contributed by atoms with Gasteiger partial charge in [-0.15, -0.1) is 0 Å². The van der Waals surface area contributed by atoms with E-state index in [9.17, 15) is 14.9 Å². The molecule has 4 aromatic carbocycles. The zero-order chi connectivity index (χ0) is 21.0. The Labute approximate surface area is 178 Å². The monoisotopic (exact) mass is 501 g/mol.